The first-order valence-electron chi connectivity index (χ1n) is 9.58. The summed E-state index contributed by atoms with van der Waals surface area (Å²) in [6.07, 6.45) is 1.69. The Bertz CT molecular complexity index is 784. The van der Waals surface area contributed by atoms with E-state index in [9.17, 15) is 4.79 Å². The van der Waals surface area contributed by atoms with Gasteiger partial charge in [-0.05, 0) is 56.7 Å². The van der Waals surface area contributed by atoms with E-state index in [4.69, 9.17) is 4.74 Å². The van der Waals surface area contributed by atoms with E-state index in [1.165, 1.54) is 5.69 Å². The van der Waals surface area contributed by atoms with Crippen LogP contribution in [0.3, 0.4) is 0 Å². The Morgan fingerprint density at radius 2 is 1.93 bits per heavy atom. The van der Waals surface area contributed by atoms with E-state index in [2.05, 4.69) is 46.1 Å². The maximum atomic E-state index is 12.7. The van der Waals surface area contributed by atoms with Crippen LogP contribution in [-0.2, 0) is 4.74 Å². The van der Waals surface area contributed by atoms with Gasteiger partial charge < -0.3 is 19.9 Å². The lowest BCUT2D eigenvalue weighted by molar-refractivity contribution is 0.102. The van der Waals surface area contributed by atoms with E-state index in [0.717, 1.165) is 43.2 Å². The SMILES string of the molecule is CCN(CC)c1ccc(NC(=O)c2ccnc(N3CCOCC3)c2)c(C)c1. The molecule has 2 aromatic rings. The van der Waals surface area contributed by atoms with Crippen molar-refractivity contribution < 1.29 is 9.53 Å². The third-order valence-corrected chi connectivity index (χ3v) is 4.93. The van der Waals surface area contributed by atoms with Crippen LogP contribution < -0.4 is 15.1 Å². The molecule has 0 spiro atoms. The van der Waals surface area contributed by atoms with Crippen molar-refractivity contribution in [3.05, 3.63) is 47.7 Å². The fourth-order valence-corrected chi connectivity index (χ4v) is 3.29. The molecule has 3 rings (SSSR count). The standard InChI is InChI=1S/C21H28N4O2/c1-4-24(5-2)18-6-7-19(16(3)14-18)23-21(26)17-8-9-22-20(15-17)25-10-12-27-13-11-25/h6-9,14-15H,4-5,10-13H2,1-3H3,(H,23,26). The molecule has 1 aromatic heterocycles. The maximum Gasteiger partial charge on any atom is 0.255 e. The number of aromatic nitrogens is 1. The van der Waals surface area contributed by atoms with Crippen molar-refractivity contribution in [1.82, 2.24) is 4.98 Å². The molecule has 0 radical (unpaired) electrons. The monoisotopic (exact) mass is 368 g/mol. The summed E-state index contributed by atoms with van der Waals surface area (Å²) in [7, 11) is 0. The molecule has 0 aliphatic carbocycles. The van der Waals surface area contributed by atoms with Gasteiger partial charge in [-0.25, -0.2) is 4.98 Å². The van der Waals surface area contributed by atoms with E-state index >= 15 is 0 Å². The van der Waals surface area contributed by atoms with Crippen molar-refractivity contribution in [1.29, 1.82) is 0 Å². The zero-order valence-electron chi connectivity index (χ0n) is 16.4. The molecule has 2 heterocycles. The summed E-state index contributed by atoms with van der Waals surface area (Å²) in [5, 5.41) is 3.03. The minimum absolute atomic E-state index is 0.120. The number of hydrogen-bond donors (Lipinski definition) is 1. The Morgan fingerprint density at radius 1 is 1.19 bits per heavy atom. The number of morpholine rings is 1. The van der Waals surface area contributed by atoms with Crippen molar-refractivity contribution in [3.63, 3.8) is 0 Å². The van der Waals surface area contributed by atoms with E-state index in [1.54, 1.807) is 12.3 Å². The average molecular weight is 368 g/mol. The first kappa shape index (κ1) is 19.2. The van der Waals surface area contributed by atoms with Gasteiger partial charge in [-0.3, -0.25) is 4.79 Å². The van der Waals surface area contributed by atoms with Crippen LogP contribution in [0.15, 0.2) is 36.5 Å². The smallest absolute Gasteiger partial charge is 0.255 e. The largest absolute Gasteiger partial charge is 0.378 e. The van der Waals surface area contributed by atoms with Crippen LogP contribution in [0.5, 0.6) is 0 Å². The van der Waals surface area contributed by atoms with Crippen LogP contribution in [0.25, 0.3) is 0 Å². The summed E-state index contributed by atoms with van der Waals surface area (Å²) in [5.74, 6) is 0.699. The Kier molecular flexibility index (Phi) is 6.29. The van der Waals surface area contributed by atoms with Gasteiger partial charge in [0.15, 0.2) is 0 Å². The van der Waals surface area contributed by atoms with Crippen LogP contribution in [0.2, 0.25) is 0 Å². The number of benzene rings is 1. The van der Waals surface area contributed by atoms with Gasteiger partial charge in [-0.2, -0.15) is 0 Å². The predicted octanol–water partition coefficient (Wildman–Crippen LogP) is 3.33. The third kappa shape index (κ3) is 4.57. The van der Waals surface area contributed by atoms with Crippen molar-refractivity contribution in [2.24, 2.45) is 0 Å². The normalized spacial score (nSPS) is 14.1. The minimum atomic E-state index is -0.120. The number of amides is 1. The summed E-state index contributed by atoms with van der Waals surface area (Å²) in [4.78, 5) is 21.6. The van der Waals surface area contributed by atoms with Gasteiger partial charge >= 0.3 is 0 Å². The highest BCUT2D eigenvalue weighted by atomic mass is 16.5. The second kappa shape index (κ2) is 8.86. The van der Waals surface area contributed by atoms with Gasteiger partial charge in [-0.1, -0.05) is 0 Å². The highest BCUT2D eigenvalue weighted by molar-refractivity contribution is 6.05. The van der Waals surface area contributed by atoms with Gasteiger partial charge in [0.25, 0.3) is 5.91 Å². The van der Waals surface area contributed by atoms with Crippen LogP contribution in [-0.4, -0.2) is 50.3 Å². The van der Waals surface area contributed by atoms with Crippen molar-refractivity contribution in [2.75, 3.05) is 54.5 Å². The minimum Gasteiger partial charge on any atom is -0.378 e. The zero-order chi connectivity index (χ0) is 19.2. The number of ether oxygens (including phenoxy) is 1. The highest BCUT2D eigenvalue weighted by Crippen LogP contribution is 2.23. The number of carbonyl (C=O) groups excluding carboxylic acids is 1. The van der Waals surface area contributed by atoms with E-state index < -0.39 is 0 Å². The molecule has 6 heteroatoms. The average Bonchev–Trinajstić information content (AvgIpc) is 2.71. The quantitative estimate of drug-likeness (QED) is 0.848. The molecule has 0 bridgehead atoms. The lowest BCUT2D eigenvalue weighted by Gasteiger charge is -2.27. The molecule has 1 saturated heterocycles. The number of nitrogens with zero attached hydrogens (tertiary/aromatic N) is 3. The van der Waals surface area contributed by atoms with Crippen LogP contribution in [0, 0.1) is 6.92 Å². The molecule has 6 nitrogen and oxygen atoms in total. The maximum absolute atomic E-state index is 12.7. The molecular formula is C21H28N4O2. The Hall–Kier alpha value is -2.60. The topological polar surface area (TPSA) is 57.7 Å². The Labute approximate surface area is 161 Å². The van der Waals surface area contributed by atoms with Gasteiger partial charge in [0, 0.05) is 49.3 Å². The fourth-order valence-electron chi connectivity index (χ4n) is 3.29. The van der Waals surface area contributed by atoms with Crippen molar-refractivity contribution in [2.45, 2.75) is 20.8 Å². The van der Waals surface area contributed by atoms with Crippen LogP contribution >= 0.6 is 0 Å². The van der Waals surface area contributed by atoms with Gasteiger partial charge in [-0.15, -0.1) is 0 Å². The van der Waals surface area contributed by atoms with Crippen molar-refractivity contribution in [3.8, 4) is 0 Å². The summed E-state index contributed by atoms with van der Waals surface area (Å²) in [5.41, 5.74) is 3.67. The van der Waals surface area contributed by atoms with Gasteiger partial charge in [0.2, 0.25) is 0 Å². The molecule has 0 unspecified atom stereocenters. The van der Waals surface area contributed by atoms with E-state index in [0.29, 0.717) is 18.8 Å². The van der Waals surface area contributed by atoms with E-state index in [1.807, 2.05) is 19.1 Å². The van der Waals surface area contributed by atoms with Gasteiger partial charge in [0.1, 0.15) is 5.82 Å². The molecule has 1 aromatic carbocycles. The summed E-state index contributed by atoms with van der Waals surface area (Å²) in [6, 6.07) is 9.75. The first-order chi connectivity index (χ1) is 13.1. The van der Waals surface area contributed by atoms with E-state index in [-0.39, 0.29) is 5.91 Å². The summed E-state index contributed by atoms with van der Waals surface area (Å²) in [6.45, 7) is 11.2. The molecule has 0 atom stereocenters. The van der Waals surface area contributed by atoms with Crippen molar-refractivity contribution >= 4 is 23.1 Å². The summed E-state index contributed by atoms with van der Waals surface area (Å²) >= 11 is 0. The third-order valence-electron chi connectivity index (χ3n) is 4.93. The molecule has 1 aliphatic rings. The molecule has 1 N–H and O–H groups in total. The number of nitrogens with one attached hydrogen (secondary N) is 1. The number of carbonyl (C=O) groups is 1. The zero-order valence-corrected chi connectivity index (χ0v) is 16.4. The molecule has 27 heavy (non-hydrogen) atoms. The highest BCUT2D eigenvalue weighted by Gasteiger charge is 2.15. The number of pyridine rings is 1. The summed E-state index contributed by atoms with van der Waals surface area (Å²) < 4.78 is 5.38. The number of aryl methyl sites for hydroxylation is 1. The molecule has 1 amide bonds. The Morgan fingerprint density at radius 3 is 2.59 bits per heavy atom. The lowest BCUT2D eigenvalue weighted by Crippen LogP contribution is -2.36. The molecule has 144 valence electrons. The second-order valence-electron chi connectivity index (χ2n) is 6.63. The number of anilines is 3. The molecule has 0 saturated carbocycles. The number of hydrogen-bond acceptors (Lipinski definition) is 5. The first-order valence-corrected chi connectivity index (χ1v) is 9.58. The van der Waals surface area contributed by atoms with Crippen LogP contribution in [0.1, 0.15) is 29.8 Å². The molecule has 1 fully saturated rings. The molecular weight excluding hydrogens is 340 g/mol. The van der Waals surface area contributed by atoms with Gasteiger partial charge in [0.05, 0.1) is 13.2 Å². The fraction of sp³-hybridized carbons (Fsp3) is 0.429. The second-order valence-corrected chi connectivity index (χ2v) is 6.63. The Balaban J connectivity index is 1.73. The van der Waals surface area contributed by atoms with Crippen LogP contribution in [0.4, 0.5) is 17.2 Å². The predicted molar refractivity (Wildman–Crippen MR) is 110 cm³/mol. The number of rotatable bonds is 6. The molecule has 1 aliphatic heterocycles. The lowest BCUT2D eigenvalue weighted by atomic mass is 10.1.